The third kappa shape index (κ3) is 4.92. The largest absolute Gasteiger partial charge is 0.452 e. The van der Waals surface area contributed by atoms with Gasteiger partial charge in [0, 0.05) is 21.6 Å². The molecule has 0 aliphatic heterocycles. The van der Waals surface area contributed by atoms with Crippen LogP contribution in [0.25, 0.3) is 11.4 Å². The van der Waals surface area contributed by atoms with E-state index in [9.17, 15) is 9.18 Å². The summed E-state index contributed by atoms with van der Waals surface area (Å²) in [6, 6.07) is 13.0. The van der Waals surface area contributed by atoms with E-state index in [1.165, 1.54) is 23.9 Å². The summed E-state index contributed by atoms with van der Waals surface area (Å²) in [6.45, 7) is 1.81. The highest BCUT2D eigenvalue weighted by atomic mass is 32.2. The van der Waals surface area contributed by atoms with E-state index in [4.69, 9.17) is 9.26 Å². The molecule has 2 aromatic carbocycles. The van der Waals surface area contributed by atoms with Gasteiger partial charge in [-0.25, -0.2) is 14.2 Å². The molecule has 0 bridgehead atoms. The van der Waals surface area contributed by atoms with Gasteiger partial charge in [-0.2, -0.15) is 4.98 Å². The Balaban J connectivity index is 1.39. The molecule has 0 aliphatic carbocycles. The highest BCUT2D eigenvalue weighted by Crippen LogP contribution is 2.27. The molecule has 0 saturated heterocycles. The lowest BCUT2D eigenvalue weighted by molar-refractivity contribution is 0.0425. The fourth-order valence-electron chi connectivity index (χ4n) is 2.62. The van der Waals surface area contributed by atoms with Gasteiger partial charge in [0.05, 0.1) is 16.3 Å². The number of aryl methyl sites for hydroxylation is 1. The Morgan fingerprint density at radius 3 is 2.73 bits per heavy atom. The number of carbonyl (C=O) groups is 1. The van der Waals surface area contributed by atoms with Crippen LogP contribution in [0.3, 0.4) is 0 Å². The van der Waals surface area contributed by atoms with Gasteiger partial charge in [0.25, 0.3) is 5.89 Å². The number of nitrogens with zero attached hydrogens (tertiary/aromatic N) is 3. The molecule has 6 nitrogen and oxygen atoms in total. The minimum absolute atomic E-state index is 0.155. The summed E-state index contributed by atoms with van der Waals surface area (Å²) in [6.07, 6.45) is 0. The number of hydrogen-bond donors (Lipinski definition) is 0. The van der Waals surface area contributed by atoms with E-state index in [2.05, 4.69) is 15.1 Å². The maximum Gasteiger partial charge on any atom is 0.339 e. The number of hydrogen-bond acceptors (Lipinski definition) is 8. The number of aromatic nitrogens is 3. The molecule has 0 saturated carbocycles. The van der Waals surface area contributed by atoms with Crippen LogP contribution in [0.4, 0.5) is 4.39 Å². The summed E-state index contributed by atoms with van der Waals surface area (Å²) in [5, 5.41) is 6.86. The molecule has 30 heavy (non-hydrogen) atoms. The van der Waals surface area contributed by atoms with Gasteiger partial charge in [-0.15, -0.1) is 23.1 Å². The Kier molecular flexibility index (Phi) is 6.20. The second-order valence-corrected chi connectivity index (χ2v) is 8.32. The first-order chi connectivity index (χ1) is 14.6. The Morgan fingerprint density at radius 2 is 1.97 bits per heavy atom. The van der Waals surface area contributed by atoms with Crippen molar-refractivity contribution in [2.24, 2.45) is 0 Å². The smallest absolute Gasteiger partial charge is 0.339 e. The number of benzene rings is 2. The summed E-state index contributed by atoms with van der Waals surface area (Å²) in [7, 11) is 0. The lowest BCUT2D eigenvalue weighted by Crippen LogP contribution is -2.07. The standard InChI is InChI=1S/C21H16FN3O3S2/c1-13-23-16(11-29-13)12-30-18-5-3-2-4-17(18)21(26)27-10-19-24-20(25-28-19)14-6-8-15(22)9-7-14/h2-9,11H,10,12H2,1H3. The van der Waals surface area contributed by atoms with E-state index < -0.39 is 5.97 Å². The molecule has 4 rings (SSSR count). The average Bonchev–Trinajstić information content (AvgIpc) is 3.40. The van der Waals surface area contributed by atoms with Crippen LogP contribution in [0, 0.1) is 12.7 Å². The van der Waals surface area contributed by atoms with E-state index in [1.807, 2.05) is 24.4 Å². The van der Waals surface area contributed by atoms with Crippen molar-refractivity contribution in [3.8, 4) is 11.4 Å². The van der Waals surface area contributed by atoms with Crippen molar-refractivity contribution in [2.45, 2.75) is 24.2 Å². The van der Waals surface area contributed by atoms with Gasteiger partial charge in [-0.3, -0.25) is 0 Å². The molecule has 2 aromatic heterocycles. The van der Waals surface area contributed by atoms with E-state index in [-0.39, 0.29) is 18.3 Å². The van der Waals surface area contributed by atoms with E-state index in [1.54, 1.807) is 35.6 Å². The summed E-state index contributed by atoms with van der Waals surface area (Å²) < 4.78 is 23.5. The zero-order valence-electron chi connectivity index (χ0n) is 15.9. The third-order valence-corrected chi connectivity index (χ3v) is 5.98. The van der Waals surface area contributed by atoms with Gasteiger partial charge in [0.2, 0.25) is 5.82 Å². The molecule has 9 heteroatoms. The first-order valence-corrected chi connectivity index (χ1v) is 10.8. The molecule has 0 amide bonds. The topological polar surface area (TPSA) is 78.1 Å². The number of thiazole rings is 1. The van der Waals surface area contributed by atoms with Gasteiger partial charge in [0.15, 0.2) is 6.61 Å². The second kappa shape index (κ2) is 9.19. The minimum atomic E-state index is -0.478. The summed E-state index contributed by atoms with van der Waals surface area (Å²) in [5.41, 5.74) is 2.05. The molecular formula is C21H16FN3O3S2. The maximum absolute atomic E-state index is 13.0. The molecule has 0 aliphatic rings. The quantitative estimate of drug-likeness (QED) is 0.285. The number of thioether (sulfide) groups is 1. The predicted molar refractivity (Wildman–Crippen MR) is 112 cm³/mol. The monoisotopic (exact) mass is 441 g/mol. The Labute approximate surface area is 180 Å². The zero-order chi connectivity index (χ0) is 20.9. The van der Waals surface area contributed by atoms with Crippen molar-refractivity contribution >= 4 is 29.1 Å². The summed E-state index contributed by atoms with van der Waals surface area (Å²) in [4.78, 5) is 22.0. The second-order valence-electron chi connectivity index (χ2n) is 6.24. The van der Waals surface area contributed by atoms with Crippen molar-refractivity contribution in [3.05, 3.63) is 81.9 Å². The van der Waals surface area contributed by atoms with Gasteiger partial charge in [0.1, 0.15) is 5.82 Å². The van der Waals surface area contributed by atoms with E-state index >= 15 is 0 Å². The number of ether oxygens (including phenoxy) is 1. The van der Waals surface area contributed by atoms with Crippen LogP contribution in [0.5, 0.6) is 0 Å². The van der Waals surface area contributed by atoms with Crippen LogP contribution in [0.1, 0.15) is 27.0 Å². The van der Waals surface area contributed by atoms with Crippen molar-refractivity contribution in [1.29, 1.82) is 0 Å². The Morgan fingerprint density at radius 1 is 1.17 bits per heavy atom. The molecule has 0 unspecified atom stereocenters. The predicted octanol–water partition coefficient (Wildman–Crippen LogP) is 5.29. The molecule has 0 radical (unpaired) electrons. The normalized spacial score (nSPS) is 10.9. The molecular weight excluding hydrogens is 425 g/mol. The lowest BCUT2D eigenvalue weighted by atomic mass is 10.2. The minimum Gasteiger partial charge on any atom is -0.452 e. The highest BCUT2D eigenvalue weighted by Gasteiger charge is 2.16. The average molecular weight is 442 g/mol. The molecule has 4 aromatic rings. The van der Waals surface area contributed by atoms with Gasteiger partial charge >= 0.3 is 5.97 Å². The number of carbonyl (C=O) groups excluding carboxylic acids is 1. The fraction of sp³-hybridized carbons (Fsp3) is 0.143. The Bertz CT molecular complexity index is 1160. The van der Waals surface area contributed by atoms with Crippen LogP contribution >= 0.6 is 23.1 Å². The highest BCUT2D eigenvalue weighted by molar-refractivity contribution is 7.98. The molecule has 0 N–H and O–H groups in total. The van der Waals surface area contributed by atoms with E-state index in [0.717, 1.165) is 15.6 Å². The molecule has 0 spiro atoms. The molecule has 152 valence electrons. The number of halogens is 1. The first-order valence-electron chi connectivity index (χ1n) is 8.97. The number of esters is 1. The van der Waals surface area contributed by atoms with Gasteiger partial charge < -0.3 is 9.26 Å². The van der Waals surface area contributed by atoms with Crippen molar-refractivity contribution < 1.29 is 18.4 Å². The van der Waals surface area contributed by atoms with Crippen LogP contribution in [0.15, 0.2) is 63.3 Å². The summed E-state index contributed by atoms with van der Waals surface area (Å²) in [5.74, 6) is 0.299. The molecule has 0 atom stereocenters. The van der Waals surface area contributed by atoms with Crippen molar-refractivity contribution in [2.75, 3.05) is 0 Å². The fourth-order valence-corrected chi connectivity index (χ4v) is 4.27. The van der Waals surface area contributed by atoms with Crippen LogP contribution in [-0.4, -0.2) is 21.1 Å². The Hall–Kier alpha value is -3.04. The van der Waals surface area contributed by atoms with Gasteiger partial charge in [-0.1, -0.05) is 17.3 Å². The third-order valence-electron chi connectivity index (χ3n) is 4.05. The van der Waals surface area contributed by atoms with Crippen LogP contribution in [-0.2, 0) is 17.1 Å². The van der Waals surface area contributed by atoms with Crippen molar-refractivity contribution in [3.63, 3.8) is 0 Å². The lowest BCUT2D eigenvalue weighted by Gasteiger charge is -2.07. The molecule has 2 heterocycles. The molecule has 0 fully saturated rings. The first kappa shape index (κ1) is 20.2. The van der Waals surface area contributed by atoms with Crippen molar-refractivity contribution in [1.82, 2.24) is 15.1 Å². The zero-order valence-corrected chi connectivity index (χ0v) is 17.5. The van der Waals surface area contributed by atoms with Gasteiger partial charge in [-0.05, 0) is 43.3 Å². The maximum atomic E-state index is 13.0. The van der Waals surface area contributed by atoms with Crippen LogP contribution in [0.2, 0.25) is 0 Å². The van der Waals surface area contributed by atoms with E-state index in [0.29, 0.717) is 22.7 Å². The summed E-state index contributed by atoms with van der Waals surface area (Å²) >= 11 is 3.13. The SMILES string of the molecule is Cc1nc(CSc2ccccc2C(=O)OCc2nc(-c3ccc(F)cc3)no2)cs1. The number of rotatable bonds is 7. The van der Waals surface area contributed by atoms with Crippen LogP contribution < -0.4 is 0 Å².